The van der Waals surface area contributed by atoms with Crippen LogP contribution in [0.1, 0.15) is 77.6 Å². The lowest BCUT2D eigenvalue weighted by Gasteiger charge is -2.41. The van der Waals surface area contributed by atoms with E-state index in [9.17, 15) is 62.2 Å². The second kappa shape index (κ2) is 65.9. The molecule has 1 aromatic heterocycles. The molecule has 0 spiro atoms. The van der Waals surface area contributed by atoms with Gasteiger partial charge in [-0.3, -0.25) is 52.8 Å². The zero-order valence-electron chi connectivity index (χ0n) is 73.0. The van der Waals surface area contributed by atoms with Crippen molar-refractivity contribution < 1.29 is 144 Å². The Hall–Kier alpha value is -8.60. The number of hydrogen-bond donors (Lipinski definition) is 8. The van der Waals surface area contributed by atoms with Crippen LogP contribution < -0.4 is 37.6 Å². The van der Waals surface area contributed by atoms with Crippen molar-refractivity contribution in [3.05, 3.63) is 95.8 Å². The molecule has 41 heteroatoms. The molecule has 0 radical (unpaired) electrons. The third-order valence-corrected chi connectivity index (χ3v) is 18.6. The Morgan fingerprint density at radius 2 is 0.984 bits per heavy atom. The Morgan fingerprint density at radius 1 is 0.532 bits per heavy atom. The van der Waals surface area contributed by atoms with Gasteiger partial charge in [0.2, 0.25) is 47.3 Å². The number of carboxylic acid groups (broad SMARTS) is 1. The molecule has 1 aliphatic rings. The molecule has 0 bridgehead atoms. The predicted molar refractivity (Wildman–Crippen MR) is 447 cm³/mol. The van der Waals surface area contributed by atoms with Crippen LogP contribution in [-0.2, 0) is 135 Å². The molecule has 10 amide bonds. The lowest BCUT2D eigenvalue weighted by Crippen LogP contribution is -2.56. The van der Waals surface area contributed by atoms with Crippen molar-refractivity contribution in [2.24, 2.45) is 11.1 Å². The summed E-state index contributed by atoms with van der Waals surface area (Å²) in [5.41, 5.74) is 6.28. The molecule has 0 aliphatic carbocycles. The van der Waals surface area contributed by atoms with Crippen LogP contribution in [0.15, 0.2) is 72.9 Å². The number of primary amides is 1. The number of carbonyl (C=O) groups excluding carboxylic acids is 10. The lowest BCUT2D eigenvalue weighted by molar-refractivity contribution is -0.141. The maximum Gasteiger partial charge on any atom is 0.327 e. The largest absolute Gasteiger partial charge is 0.480 e. The highest BCUT2D eigenvalue weighted by Crippen LogP contribution is 2.41. The number of methoxy groups -OCH3 is 1. The Balaban J connectivity index is 1.17. The van der Waals surface area contributed by atoms with Crippen molar-refractivity contribution >= 4 is 76.8 Å². The number of aromatic nitrogens is 1. The fraction of sp³-hybridized carbons (Fsp3) is 0.651. The number of carbonyl (C=O) groups is 11. The molecule has 2 aromatic carbocycles. The first-order valence-corrected chi connectivity index (χ1v) is 42.4. The number of nitrogens with one attached hydrogen (secondary N) is 6. The Labute approximate surface area is 728 Å². The number of imide groups is 1. The summed E-state index contributed by atoms with van der Waals surface area (Å²) in [5, 5.41) is 23.2. The smallest absolute Gasteiger partial charge is 0.327 e. The number of carboxylic acids is 1. The number of thioether (sulfide) groups is 1. The Bertz CT molecular complexity index is 3650. The van der Waals surface area contributed by atoms with Crippen molar-refractivity contribution in [3.63, 3.8) is 0 Å². The van der Waals surface area contributed by atoms with Crippen LogP contribution in [0.2, 0.25) is 1.41 Å². The van der Waals surface area contributed by atoms with Gasteiger partial charge in [0.25, 0.3) is 11.8 Å². The second-order valence-corrected chi connectivity index (χ2v) is 29.7. The molecule has 0 fully saturated rings. The van der Waals surface area contributed by atoms with E-state index in [1.165, 1.54) is 18.7 Å². The molecular formula is C83H128F2N10O28S. The number of ether oxygens (including phenoxy) is 16. The molecule has 5 atom stereocenters. The summed E-state index contributed by atoms with van der Waals surface area (Å²) < 4.78 is 128. The van der Waals surface area contributed by atoms with E-state index in [1.54, 1.807) is 19.4 Å². The van der Waals surface area contributed by atoms with E-state index in [1.807, 2.05) is 55.7 Å². The maximum atomic E-state index is 15.7. The average molecular weight is 1790 g/mol. The van der Waals surface area contributed by atoms with Crippen LogP contribution in [0.3, 0.4) is 0 Å². The first-order valence-electron chi connectivity index (χ1n) is 41.7. The number of hydrogen-bond acceptors (Lipinski definition) is 28. The number of amides is 10. The highest BCUT2D eigenvalue weighted by atomic mass is 32.2. The van der Waals surface area contributed by atoms with Crippen LogP contribution in [0.5, 0.6) is 0 Å². The molecule has 0 unspecified atom stereocenters. The summed E-state index contributed by atoms with van der Waals surface area (Å²) >= 11 is 0.927. The van der Waals surface area contributed by atoms with Gasteiger partial charge >= 0.3 is 5.97 Å². The minimum Gasteiger partial charge on any atom is -0.480 e. The van der Waals surface area contributed by atoms with Gasteiger partial charge < -0.3 is 128 Å². The molecule has 0 saturated heterocycles. The summed E-state index contributed by atoms with van der Waals surface area (Å²) in [4.78, 5) is 144. The first kappa shape index (κ1) is 106. The lowest BCUT2D eigenvalue weighted by atomic mass is 9.83. The normalized spacial score (nSPS) is 13.4. The number of nitrogens with two attached hydrogens (primary N) is 1. The SMILES string of the molecule is [2H]N(C(=O)CCOCCOCCOCCOCCOCCOCCOCCOCCOCCOCCOCCOC)[C@@H](C)C(=O)N[C@@H](C)C(=O)N[C@@H](CC(N)=O)C(=O)NCCCN(C(=O)CSC[C@H](NC(=O)CCOCCOCCOCCOCCNC(=O)CN1C(=O)C=CC1=O)C(=O)O)[C@@H](c1cc(-c2cc(F)ccc2F)cn1Cc1ccccc1)C(C)(C)C. The number of nitrogens with zero attached hydrogens (tertiary/aromatic N) is 3. The standard InChI is InChI=1S/C83H128F2N10O28S/c1-61(89-72(97)17-22-109-27-30-113-36-38-117-41-42-119-45-46-121-49-50-123-52-51-122-48-47-120-44-43-118-40-39-116-34-33-112-26-25-108-6)79(103)90-62(2)80(104)92-68(55-71(86)96)81(105)88-19-10-21-94(78(83(3,4)5)70-53-64(66-54-65(84)13-14-67(66)85)57-93(70)56-63-11-8-7-9-12-63)77(102)60-124-59-69(82(106)107)91-73(98)18-23-110-28-31-114-35-37-115-32-29-111-24-20-87-74(99)58-95-75(100)15-16-76(95)101/h7-9,11-16,53-54,57,61-62,68-69,78H,10,17-52,55-56,58-60H2,1-6H3,(H2,86,96)(H,87,99)(H,88,105)(H,89,97)(H,90,103)(H,91,98)(H,92,104)(H,106,107)/t61-,62-,68-,69-,78-/m0/s1/i/hD. The zero-order valence-corrected chi connectivity index (χ0v) is 72.8. The Morgan fingerprint density at radius 3 is 1.44 bits per heavy atom. The van der Waals surface area contributed by atoms with Crippen LogP contribution in [0, 0.1) is 17.0 Å². The molecule has 2 heterocycles. The second-order valence-electron chi connectivity index (χ2n) is 28.7. The average Bonchev–Trinajstić information content (AvgIpc) is 1.65. The van der Waals surface area contributed by atoms with Crippen molar-refractivity contribution in [2.75, 3.05) is 250 Å². The van der Waals surface area contributed by atoms with Gasteiger partial charge in [0, 0.05) is 87.1 Å². The van der Waals surface area contributed by atoms with Gasteiger partial charge in [0.05, 0.1) is 223 Å². The van der Waals surface area contributed by atoms with Crippen molar-refractivity contribution in [3.8, 4) is 11.1 Å². The molecule has 3 aromatic rings. The van der Waals surface area contributed by atoms with Gasteiger partial charge in [0.1, 0.15) is 42.3 Å². The van der Waals surface area contributed by atoms with E-state index in [0.717, 1.165) is 52.6 Å². The molecular weight excluding hydrogens is 1660 g/mol. The summed E-state index contributed by atoms with van der Waals surface area (Å²) in [6, 6.07) is 7.30. The fourth-order valence-corrected chi connectivity index (χ4v) is 12.3. The van der Waals surface area contributed by atoms with Crippen molar-refractivity contribution in [1.29, 1.82) is 0 Å². The van der Waals surface area contributed by atoms with Crippen molar-refractivity contribution in [2.45, 2.75) is 97.1 Å². The quantitative estimate of drug-likeness (QED) is 0.0291. The molecule has 38 nitrogen and oxygen atoms in total. The van der Waals surface area contributed by atoms with Gasteiger partial charge in [-0.15, -0.1) is 11.8 Å². The Kier molecular flexibility index (Phi) is 56.3. The predicted octanol–water partition coefficient (Wildman–Crippen LogP) is 1.29. The van der Waals surface area contributed by atoms with Crippen LogP contribution >= 0.6 is 11.8 Å². The maximum absolute atomic E-state index is 15.7. The van der Waals surface area contributed by atoms with E-state index < -0.39 is 119 Å². The van der Waals surface area contributed by atoms with Crippen LogP contribution in [-0.4, -0.2) is 358 Å². The van der Waals surface area contributed by atoms with E-state index in [0.29, 0.717) is 142 Å². The molecule has 9 N–H and O–H groups in total. The number of aliphatic carboxylic acids is 1. The molecule has 4 rings (SSSR count). The molecule has 1 aliphatic heterocycles. The minimum absolute atomic E-state index is 0.0225. The third kappa shape index (κ3) is 48.8. The summed E-state index contributed by atoms with van der Waals surface area (Å²) in [5.74, 6) is -10.6. The number of rotatable bonds is 76. The van der Waals surface area contributed by atoms with Crippen LogP contribution in [0.25, 0.3) is 11.1 Å². The van der Waals surface area contributed by atoms with Gasteiger partial charge in [-0.25, -0.2) is 13.6 Å². The van der Waals surface area contributed by atoms with E-state index in [2.05, 4.69) is 26.6 Å². The number of benzene rings is 2. The van der Waals surface area contributed by atoms with Crippen LogP contribution in [0.4, 0.5) is 8.78 Å². The van der Waals surface area contributed by atoms with E-state index in [4.69, 9.17) is 82.9 Å². The van der Waals surface area contributed by atoms with E-state index >= 15 is 4.39 Å². The minimum atomic E-state index is -1.58. The molecule has 698 valence electrons. The third-order valence-electron chi connectivity index (χ3n) is 17.6. The monoisotopic (exact) mass is 1780 g/mol. The summed E-state index contributed by atoms with van der Waals surface area (Å²) in [7, 11) is 1.62. The van der Waals surface area contributed by atoms with E-state index in [-0.39, 0.29) is 148 Å². The molecule has 124 heavy (non-hydrogen) atoms. The highest BCUT2D eigenvalue weighted by Gasteiger charge is 2.38. The zero-order chi connectivity index (χ0) is 91.3. The highest BCUT2D eigenvalue weighted by molar-refractivity contribution is 8.00. The fourth-order valence-electron chi connectivity index (χ4n) is 11.4. The first-order chi connectivity index (χ1) is 60.2. The number of halogens is 2. The summed E-state index contributed by atoms with van der Waals surface area (Å²) in [6.45, 7) is 18.0. The topological polar surface area (TPSA) is 465 Å². The van der Waals surface area contributed by atoms with Gasteiger partial charge in [-0.05, 0) is 55.5 Å². The summed E-state index contributed by atoms with van der Waals surface area (Å²) in [6.07, 6.45) is 2.70. The molecule has 0 saturated carbocycles. The van der Waals surface area contributed by atoms with Gasteiger partial charge in [-0.1, -0.05) is 51.1 Å². The van der Waals surface area contributed by atoms with Gasteiger partial charge in [-0.2, -0.15) is 0 Å². The van der Waals surface area contributed by atoms with Crippen molar-refractivity contribution in [1.82, 2.24) is 46.3 Å². The van der Waals surface area contributed by atoms with Gasteiger partial charge in [0.15, 0.2) is 1.41 Å².